The Morgan fingerprint density at radius 1 is 1.11 bits per heavy atom. The number of amides is 2. The van der Waals surface area contributed by atoms with Crippen molar-refractivity contribution in [3.8, 4) is 0 Å². The van der Waals surface area contributed by atoms with Crippen LogP contribution in [0.4, 0.5) is 11.4 Å². The van der Waals surface area contributed by atoms with Crippen molar-refractivity contribution in [3.63, 3.8) is 0 Å². The number of carbonyl (C=O) groups is 3. The van der Waals surface area contributed by atoms with Crippen LogP contribution in [0, 0.1) is 5.92 Å². The zero-order valence-electron chi connectivity index (χ0n) is 16.1. The molecule has 0 N–H and O–H groups in total. The highest BCUT2D eigenvalue weighted by Gasteiger charge is 2.36. The van der Waals surface area contributed by atoms with Crippen LogP contribution in [0.25, 0.3) is 0 Å². The molecule has 1 heterocycles. The largest absolute Gasteiger partial charge is 0.455 e. The van der Waals surface area contributed by atoms with Gasteiger partial charge in [0, 0.05) is 31.4 Å². The summed E-state index contributed by atoms with van der Waals surface area (Å²) in [5, 5.41) is 0. The third kappa shape index (κ3) is 4.39. The van der Waals surface area contributed by atoms with E-state index in [-0.39, 0.29) is 31.4 Å². The summed E-state index contributed by atoms with van der Waals surface area (Å²) in [5.74, 6) is -1.51. The maximum Gasteiger partial charge on any atom is 0.311 e. The lowest BCUT2D eigenvalue weighted by atomic mass is 10.1. The first-order valence-corrected chi connectivity index (χ1v) is 9.37. The van der Waals surface area contributed by atoms with Crippen LogP contribution in [0.3, 0.4) is 0 Å². The van der Waals surface area contributed by atoms with Crippen molar-refractivity contribution < 1.29 is 19.1 Å². The fraction of sp³-hybridized carbons (Fsp3) is 0.318. The maximum absolute atomic E-state index is 12.4. The molecule has 0 bridgehead atoms. The summed E-state index contributed by atoms with van der Waals surface area (Å²) in [6.07, 6.45) is 1.02. The number of benzene rings is 2. The minimum atomic E-state index is -0.562. The van der Waals surface area contributed by atoms with E-state index in [2.05, 4.69) is 6.92 Å². The highest BCUT2D eigenvalue weighted by molar-refractivity contribution is 6.00. The van der Waals surface area contributed by atoms with Crippen molar-refractivity contribution in [1.82, 2.24) is 0 Å². The lowest BCUT2D eigenvalue weighted by molar-refractivity contribution is -0.151. The molecular weight excluding hydrogens is 356 g/mol. The fourth-order valence-corrected chi connectivity index (χ4v) is 3.17. The second-order valence-electron chi connectivity index (χ2n) is 6.82. The zero-order valence-corrected chi connectivity index (χ0v) is 16.1. The van der Waals surface area contributed by atoms with E-state index in [1.165, 1.54) is 10.5 Å². The van der Waals surface area contributed by atoms with Crippen molar-refractivity contribution in [2.24, 2.45) is 5.92 Å². The third-order valence-corrected chi connectivity index (χ3v) is 4.97. The number of nitrogens with zero attached hydrogens (tertiary/aromatic N) is 2. The predicted octanol–water partition coefficient (Wildman–Crippen LogP) is 2.81. The number of ether oxygens (including phenoxy) is 1. The average Bonchev–Trinajstić information content (AvgIpc) is 3.13. The molecule has 0 aliphatic carbocycles. The van der Waals surface area contributed by atoms with E-state index in [0.29, 0.717) is 0 Å². The van der Waals surface area contributed by atoms with E-state index in [4.69, 9.17) is 4.74 Å². The first-order chi connectivity index (χ1) is 13.5. The summed E-state index contributed by atoms with van der Waals surface area (Å²) < 4.78 is 5.19. The highest BCUT2D eigenvalue weighted by Crippen LogP contribution is 2.26. The first-order valence-electron chi connectivity index (χ1n) is 9.37. The van der Waals surface area contributed by atoms with Gasteiger partial charge in [0.15, 0.2) is 6.61 Å². The molecule has 2 amide bonds. The van der Waals surface area contributed by atoms with E-state index in [0.717, 1.165) is 17.8 Å². The Bertz CT molecular complexity index is 849. The number of hydrogen-bond donors (Lipinski definition) is 0. The van der Waals surface area contributed by atoms with Gasteiger partial charge in [-0.2, -0.15) is 0 Å². The van der Waals surface area contributed by atoms with Gasteiger partial charge in [-0.25, -0.2) is 0 Å². The number of para-hydroxylation sites is 1. The van der Waals surface area contributed by atoms with Crippen molar-refractivity contribution in [2.45, 2.75) is 19.8 Å². The van der Waals surface area contributed by atoms with Crippen molar-refractivity contribution >= 4 is 29.2 Å². The lowest BCUT2D eigenvalue weighted by Gasteiger charge is -2.18. The minimum Gasteiger partial charge on any atom is -0.455 e. The highest BCUT2D eigenvalue weighted by atomic mass is 16.5. The molecule has 0 spiro atoms. The number of rotatable bonds is 6. The van der Waals surface area contributed by atoms with Crippen molar-refractivity contribution in [3.05, 3.63) is 60.2 Å². The number of carbonyl (C=O) groups excluding carboxylic acids is 3. The summed E-state index contributed by atoms with van der Waals surface area (Å²) in [6, 6.07) is 16.9. The molecule has 0 unspecified atom stereocenters. The zero-order chi connectivity index (χ0) is 20.1. The number of likely N-dealkylation sites (N-methyl/N-ethyl adjacent to an activating group) is 1. The van der Waals surface area contributed by atoms with Gasteiger partial charge in [0.05, 0.1) is 5.92 Å². The van der Waals surface area contributed by atoms with Crippen LogP contribution in [-0.4, -0.2) is 38.0 Å². The van der Waals surface area contributed by atoms with Gasteiger partial charge < -0.3 is 14.5 Å². The Labute approximate surface area is 164 Å². The SMILES string of the molecule is CCc1ccc(N2C[C@H](C(=O)OCC(=O)N(C)c3ccccc3)CC2=O)cc1. The van der Waals surface area contributed by atoms with Gasteiger partial charge >= 0.3 is 5.97 Å². The Hall–Kier alpha value is -3.15. The molecule has 0 saturated carbocycles. The molecule has 1 fully saturated rings. The van der Waals surface area contributed by atoms with Crippen LogP contribution >= 0.6 is 0 Å². The topological polar surface area (TPSA) is 66.9 Å². The molecule has 28 heavy (non-hydrogen) atoms. The second kappa shape index (κ2) is 8.69. The fourth-order valence-electron chi connectivity index (χ4n) is 3.17. The van der Waals surface area contributed by atoms with E-state index in [9.17, 15) is 14.4 Å². The monoisotopic (exact) mass is 380 g/mol. The van der Waals surface area contributed by atoms with Crippen molar-refractivity contribution in [2.75, 3.05) is 30.0 Å². The predicted molar refractivity (Wildman–Crippen MR) is 107 cm³/mol. The smallest absolute Gasteiger partial charge is 0.311 e. The summed E-state index contributed by atoms with van der Waals surface area (Å²) in [5.41, 5.74) is 2.69. The van der Waals surface area contributed by atoms with Gasteiger partial charge in [0.1, 0.15) is 0 Å². The lowest BCUT2D eigenvalue weighted by Crippen LogP contribution is -2.32. The van der Waals surface area contributed by atoms with Gasteiger partial charge in [0.25, 0.3) is 5.91 Å². The van der Waals surface area contributed by atoms with E-state index in [1.54, 1.807) is 24.1 Å². The van der Waals surface area contributed by atoms with Gasteiger partial charge in [-0.3, -0.25) is 14.4 Å². The van der Waals surface area contributed by atoms with Crippen LogP contribution in [0.15, 0.2) is 54.6 Å². The van der Waals surface area contributed by atoms with Gasteiger partial charge in [-0.05, 0) is 36.2 Å². The number of anilines is 2. The molecule has 2 aromatic rings. The number of hydrogen-bond acceptors (Lipinski definition) is 4. The normalized spacial score (nSPS) is 16.1. The Morgan fingerprint density at radius 2 is 1.79 bits per heavy atom. The second-order valence-corrected chi connectivity index (χ2v) is 6.82. The number of aryl methyl sites for hydroxylation is 1. The molecule has 0 radical (unpaired) electrons. The summed E-state index contributed by atoms with van der Waals surface area (Å²) in [7, 11) is 1.63. The molecule has 6 heteroatoms. The van der Waals surface area contributed by atoms with E-state index in [1.807, 2.05) is 42.5 Å². The molecule has 1 aliphatic heterocycles. The quantitative estimate of drug-likeness (QED) is 0.723. The number of esters is 1. The van der Waals surface area contributed by atoms with Gasteiger partial charge in [-0.15, -0.1) is 0 Å². The Morgan fingerprint density at radius 3 is 2.43 bits per heavy atom. The molecule has 6 nitrogen and oxygen atoms in total. The standard InChI is InChI=1S/C22H24N2O4/c1-3-16-9-11-19(12-10-16)24-14-17(13-20(24)25)22(27)28-15-21(26)23(2)18-7-5-4-6-8-18/h4-12,17H,3,13-15H2,1-2H3/t17-/m1/s1. The molecule has 146 valence electrons. The first kappa shape index (κ1) is 19.6. The molecule has 2 aromatic carbocycles. The molecule has 3 rings (SSSR count). The maximum atomic E-state index is 12.4. The summed E-state index contributed by atoms with van der Waals surface area (Å²) in [6.45, 7) is 1.99. The van der Waals surface area contributed by atoms with Gasteiger partial charge in [0.2, 0.25) is 5.91 Å². The molecule has 0 aromatic heterocycles. The molecule has 1 saturated heterocycles. The average molecular weight is 380 g/mol. The summed E-state index contributed by atoms with van der Waals surface area (Å²) in [4.78, 5) is 40.0. The van der Waals surface area contributed by atoms with Crippen LogP contribution < -0.4 is 9.80 Å². The van der Waals surface area contributed by atoms with E-state index >= 15 is 0 Å². The van der Waals surface area contributed by atoms with Crippen LogP contribution in [0.2, 0.25) is 0 Å². The third-order valence-electron chi connectivity index (χ3n) is 4.97. The minimum absolute atomic E-state index is 0.0943. The van der Waals surface area contributed by atoms with Crippen LogP contribution in [0.1, 0.15) is 18.9 Å². The van der Waals surface area contributed by atoms with Gasteiger partial charge in [-0.1, -0.05) is 37.3 Å². The van der Waals surface area contributed by atoms with E-state index < -0.39 is 11.9 Å². The summed E-state index contributed by atoms with van der Waals surface area (Å²) >= 11 is 0. The van der Waals surface area contributed by atoms with Crippen molar-refractivity contribution in [1.29, 1.82) is 0 Å². The molecular formula is C22H24N2O4. The Kier molecular flexibility index (Phi) is 6.09. The van der Waals surface area contributed by atoms with Crippen LogP contribution in [0.5, 0.6) is 0 Å². The molecule has 1 atom stereocenters. The van der Waals surface area contributed by atoms with Crippen LogP contribution in [-0.2, 0) is 25.5 Å². The Balaban J connectivity index is 1.55. The molecule has 1 aliphatic rings.